The van der Waals surface area contributed by atoms with Gasteiger partial charge in [-0.3, -0.25) is 0 Å². The van der Waals surface area contributed by atoms with Crippen molar-refractivity contribution in [1.82, 2.24) is 19.9 Å². The molecular weight excluding hydrogens is 524 g/mol. The van der Waals surface area contributed by atoms with Crippen molar-refractivity contribution < 1.29 is 18.9 Å². The smallest absolute Gasteiger partial charge is 0.233 e. The maximum absolute atomic E-state index is 5.43. The summed E-state index contributed by atoms with van der Waals surface area (Å²) < 4.78 is 23.5. The maximum atomic E-state index is 5.43. The lowest BCUT2D eigenvalue weighted by Gasteiger charge is -2.13. The average molecular weight is 549 g/mol. The van der Waals surface area contributed by atoms with Crippen molar-refractivity contribution in [3.05, 3.63) is 60.7 Å². The Bertz CT molecular complexity index is 1470. The number of hydrogen-bond acceptors (Lipinski definition) is 12. The Kier molecular flexibility index (Phi) is 7.61. The van der Waals surface area contributed by atoms with Gasteiger partial charge in [-0.05, 0) is 48.2 Å². The Morgan fingerprint density at radius 3 is 1.71 bits per heavy atom. The van der Waals surface area contributed by atoms with Gasteiger partial charge in [-0.1, -0.05) is 12.1 Å². The minimum atomic E-state index is 0.346. The first-order valence-electron chi connectivity index (χ1n) is 11.4. The highest BCUT2D eigenvalue weighted by Gasteiger charge is 2.14. The molecule has 0 bridgehead atoms. The summed E-state index contributed by atoms with van der Waals surface area (Å²) in [5, 5.41) is 6.95. The number of fused-ring (bicyclic) bond motifs is 1. The second kappa shape index (κ2) is 11.4. The quantitative estimate of drug-likeness (QED) is 0.209. The van der Waals surface area contributed by atoms with Gasteiger partial charge in [0.2, 0.25) is 17.1 Å². The van der Waals surface area contributed by atoms with Crippen LogP contribution in [0.2, 0.25) is 0 Å². The van der Waals surface area contributed by atoms with Crippen LogP contribution in [0.3, 0.4) is 0 Å². The number of rotatable bonds is 10. The molecule has 0 radical (unpaired) electrons. The molecule has 2 aromatic heterocycles. The van der Waals surface area contributed by atoms with Gasteiger partial charge >= 0.3 is 0 Å². The lowest BCUT2D eigenvalue weighted by atomic mass is 10.2. The molecule has 0 saturated carbocycles. The van der Waals surface area contributed by atoms with Crippen LogP contribution in [0.5, 0.6) is 23.0 Å². The summed E-state index contributed by atoms with van der Waals surface area (Å²) in [6.45, 7) is 0. The van der Waals surface area contributed by atoms with Crippen LogP contribution < -0.4 is 29.6 Å². The number of anilines is 4. The van der Waals surface area contributed by atoms with Gasteiger partial charge < -0.3 is 29.6 Å². The van der Waals surface area contributed by atoms with Crippen molar-refractivity contribution in [2.24, 2.45) is 0 Å². The first kappa shape index (κ1) is 25.4. The largest absolute Gasteiger partial charge is 0.493 e. The molecule has 0 aliphatic rings. The van der Waals surface area contributed by atoms with E-state index < -0.39 is 0 Å². The van der Waals surface area contributed by atoms with E-state index in [0.717, 1.165) is 25.9 Å². The van der Waals surface area contributed by atoms with Gasteiger partial charge in [0.05, 0.1) is 38.7 Å². The van der Waals surface area contributed by atoms with Gasteiger partial charge in [0.25, 0.3) is 0 Å². The van der Waals surface area contributed by atoms with E-state index in [0.29, 0.717) is 40.1 Å². The number of ether oxygens (including phenoxy) is 4. The summed E-state index contributed by atoms with van der Waals surface area (Å²) in [5.41, 5.74) is 2.38. The molecule has 0 amide bonds. The normalized spacial score (nSPS) is 10.7. The number of benzene rings is 3. The number of aromatic nitrogens is 4. The number of nitrogens with one attached hydrogen (secondary N) is 2. The average Bonchev–Trinajstić information content (AvgIpc) is 3.35. The van der Waals surface area contributed by atoms with Gasteiger partial charge in [-0.2, -0.15) is 15.0 Å². The zero-order chi connectivity index (χ0) is 26.5. The van der Waals surface area contributed by atoms with E-state index in [-0.39, 0.29) is 0 Å². The molecule has 38 heavy (non-hydrogen) atoms. The van der Waals surface area contributed by atoms with Crippen molar-refractivity contribution in [3.8, 4) is 23.0 Å². The van der Waals surface area contributed by atoms with E-state index in [4.69, 9.17) is 23.9 Å². The van der Waals surface area contributed by atoms with Gasteiger partial charge in [-0.25, -0.2) is 4.98 Å². The third kappa shape index (κ3) is 5.66. The van der Waals surface area contributed by atoms with Crippen molar-refractivity contribution in [2.45, 2.75) is 9.50 Å². The fraction of sp³-hybridized carbons (Fsp3) is 0.154. The summed E-state index contributed by atoms with van der Waals surface area (Å²) in [4.78, 5) is 18.6. The summed E-state index contributed by atoms with van der Waals surface area (Å²) >= 11 is 2.95. The van der Waals surface area contributed by atoms with Crippen LogP contribution in [0.4, 0.5) is 23.3 Å². The number of nitrogens with zero attached hydrogens (tertiary/aromatic N) is 4. The van der Waals surface area contributed by atoms with Crippen LogP contribution in [0.15, 0.2) is 70.2 Å². The predicted octanol–water partition coefficient (Wildman–Crippen LogP) is 6.15. The first-order chi connectivity index (χ1) is 18.6. The van der Waals surface area contributed by atoms with E-state index >= 15 is 0 Å². The molecule has 0 fully saturated rings. The number of methoxy groups -OCH3 is 4. The predicted molar refractivity (Wildman–Crippen MR) is 149 cm³/mol. The summed E-state index contributed by atoms with van der Waals surface area (Å²) in [7, 11) is 6.36. The molecule has 0 aliphatic heterocycles. The molecule has 194 valence electrons. The van der Waals surface area contributed by atoms with Crippen LogP contribution in [0.1, 0.15) is 0 Å². The van der Waals surface area contributed by atoms with Crippen LogP contribution >= 0.6 is 23.1 Å². The van der Waals surface area contributed by atoms with Gasteiger partial charge in [0.15, 0.2) is 27.3 Å². The highest BCUT2D eigenvalue weighted by molar-refractivity contribution is 8.01. The molecule has 0 unspecified atom stereocenters. The molecule has 0 atom stereocenters. The molecule has 5 rings (SSSR count). The van der Waals surface area contributed by atoms with E-state index in [1.54, 1.807) is 39.8 Å². The zero-order valence-electron chi connectivity index (χ0n) is 21.0. The third-order valence-electron chi connectivity index (χ3n) is 5.35. The van der Waals surface area contributed by atoms with Crippen molar-refractivity contribution in [1.29, 1.82) is 0 Å². The van der Waals surface area contributed by atoms with Crippen molar-refractivity contribution >= 4 is 56.6 Å². The fourth-order valence-electron chi connectivity index (χ4n) is 3.57. The Morgan fingerprint density at radius 2 is 1.18 bits per heavy atom. The molecule has 3 aromatic carbocycles. The van der Waals surface area contributed by atoms with Gasteiger partial charge in [-0.15, -0.1) is 11.3 Å². The number of para-hydroxylation sites is 1. The monoisotopic (exact) mass is 548 g/mol. The summed E-state index contributed by atoms with van der Waals surface area (Å²) in [6.07, 6.45) is 0. The van der Waals surface area contributed by atoms with E-state index in [1.165, 1.54) is 11.8 Å². The second-order valence-electron chi connectivity index (χ2n) is 7.70. The molecule has 10 nitrogen and oxygen atoms in total. The van der Waals surface area contributed by atoms with Gasteiger partial charge in [0.1, 0.15) is 0 Å². The Labute approximate surface area is 227 Å². The standard InChI is InChI=1S/C26H24N6O4S2/c1-33-18-11-9-15(13-20(18)35-3)27-23-30-24(28-16-10-12-19(34-2)21(14-16)36-4)32-25(31-23)38-26-29-17-7-5-6-8-22(17)37-26/h5-14H,1-4H3,(H2,27,28,30,31,32). The lowest BCUT2D eigenvalue weighted by Crippen LogP contribution is -2.05. The minimum Gasteiger partial charge on any atom is -0.493 e. The maximum Gasteiger partial charge on any atom is 0.233 e. The van der Waals surface area contributed by atoms with Crippen LogP contribution in [0, 0.1) is 0 Å². The minimum absolute atomic E-state index is 0.346. The highest BCUT2D eigenvalue weighted by atomic mass is 32.2. The zero-order valence-corrected chi connectivity index (χ0v) is 22.6. The van der Waals surface area contributed by atoms with Crippen LogP contribution in [-0.4, -0.2) is 48.4 Å². The molecule has 0 saturated heterocycles. The van der Waals surface area contributed by atoms with Crippen LogP contribution in [-0.2, 0) is 0 Å². The summed E-state index contributed by atoms with van der Waals surface area (Å²) in [5.74, 6) is 3.10. The van der Waals surface area contributed by atoms with Crippen LogP contribution in [0.25, 0.3) is 10.2 Å². The molecule has 0 aliphatic carbocycles. The SMILES string of the molecule is COc1ccc(Nc2nc(Nc3ccc(OC)c(OC)c3)nc(Sc3nc4ccccc4s3)n2)cc1OC. The molecule has 0 spiro atoms. The highest BCUT2D eigenvalue weighted by Crippen LogP contribution is 2.35. The first-order valence-corrected chi connectivity index (χ1v) is 13.0. The Hall–Kier alpha value is -4.29. The number of thiazole rings is 1. The van der Waals surface area contributed by atoms with Crippen molar-refractivity contribution in [2.75, 3.05) is 39.1 Å². The topological polar surface area (TPSA) is 113 Å². The molecule has 5 aromatic rings. The Morgan fingerprint density at radius 1 is 0.632 bits per heavy atom. The number of hydrogen-bond donors (Lipinski definition) is 2. The molecule has 12 heteroatoms. The third-order valence-corrected chi connectivity index (χ3v) is 7.31. The lowest BCUT2D eigenvalue weighted by molar-refractivity contribution is 0.355. The van der Waals surface area contributed by atoms with E-state index in [1.807, 2.05) is 60.7 Å². The second-order valence-corrected chi connectivity index (χ2v) is 9.95. The van der Waals surface area contributed by atoms with Crippen molar-refractivity contribution in [3.63, 3.8) is 0 Å². The Balaban J connectivity index is 1.49. The summed E-state index contributed by atoms with van der Waals surface area (Å²) in [6, 6.07) is 18.9. The molecule has 2 N–H and O–H groups in total. The fourth-order valence-corrected chi connectivity index (χ4v) is 5.49. The van der Waals surface area contributed by atoms with Gasteiger partial charge in [0, 0.05) is 23.5 Å². The molecular formula is C26H24N6O4S2. The molecule has 2 heterocycles. The van der Waals surface area contributed by atoms with E-state index in [2.05, 4.69) is 25.6 Å². The van der Waals surface area contributed by atoms with E-state index in [9.17, 15) is 0 Å².